The average molecular weight is 126 g/mol. The fourth-order valence-corrected chi connectivity index (χ4v) is 0.503. The Morgan fingerprint density at radius 1 is 1.22 bits per heavy atom. The van der Waals surface area contributed by atoms with Crippen LogP contribution < -0.4 is 0 Å². The molecule has 0 aliphatic heterocycles. The zero-order valence-corrected chi connectivity index (χ0v) is 5.88. The first-order chi connectivity index (χ1) is 4.41. The highest BCUT2D eigenvalue weighted by Crippen LogP contribution is 1.87. The fraction of sp³-hybridized carbons (Fsp3) is 0.500. The summed E-state index contributed by atoms with van der Waals surface area (Å²) >= 11 is 0. The Kier molecular flexibility index (Phi) is 6.98. The molecule has 0 saturated carbocycles. The molecule has 1 nitrogen and oxygen atoms in total. The number of rotatable bonds is 4. The second-order valence-electron chi connectivity index (χ2n) is 1.79. The van der Waals surface area contributed by atoms with Gasteiger partial charge in [0.05, 0.1) is 0 Å². The van der Waals surface area contributed by atoms with Gasteiger partial charge in [-0.2, -0.15) is 0 Å². The third kappa shape index (κ3) is 7.44. The van der Waals surface area contributed by atoms with Gasteiger partial charge < -0.3 is 5.11 Å². The Balaban J connectivity index is 3.04. The van der Waals surface area contributed by atoms with Crippen LogP contribution in [-0.4, -0.2) is 11.7 Å². The Morgan fingerprint density at radius 2 is 2.00 bits per heavy atom. The minimum atomic E-state index is 0.256. The normalized spacial score (nSPS) is 11.8. The summed E-state index contributed by atoms with van der Waals surface area (Å²) in [5.74, 6) is 0. The van der Waals surface area contributed by atoms with Crippen molar-refractivity contribution in [2.45, 2.75) is 19.8 Å². The molecule has 0 amide bonds. The van der Waals surface area contributed by atoms with Gasteiger partial charge in [0.25, 0.3) is 0 Å². The molecule has 0 saturated heterocycles. The van der Waals surface area contributed by atoms with Gasteiger partial charge in [0.1, 0.15) is 0 Å². The largest absolute Gasteiger partial charge is 0.396 e. The van der Waals surface area contributed by atoms with E-state index < -0.39 is 0 Å². The van der Waals surface area contributed by atoms with Gasteiger partial charge in [0.2, 0.25) is 0 Å². The lowest BCUT2D eigenvalue weighted by Crippen LogP contribution is -1.74. The van der Waals surface area contributed by atoms with Crippen LogP contribution in [-0.2, 0) is 0 Å². The third-order valence-corrected chi connectivity index (χ3v) is 0.970. The van der Waals surface area contributed by atoms with Crippen LogP contribution in [0.5, 0.6) is 0 Å². The molecule has 0 rings (SSSR count). The molecule has 0 aromatic heterocycles. The highest BCUT2D eigenvalue weighted by molar-refractivity contribution is 4.90. The minimum absolute atomic E-state index is 0.256. The minimum Gasteiger partial charge on any atom is -0.396 e. The van der Waals surface area contributed by atoms with Crippen LogP contribution in [0.2, 0.25) is 0 Å². The maximum absolute atomic E-state index is 8.35. The lowest BCUT2D eigenvalue weighted by atomic mass is 10.3. The van der Waals surface area contributed by atoms with E-state index in [1.54, 1.807) is 0 Å². The van der Waals surface area contributed by atoms with Gasteiger partial charge >= 0.3 is 0 Å². The fourth-order valence-electron chi connectivity index (χ4n) is 0.503. The Labute approximate surface area is 56.7 Å². The highest BCUT2D eigenvalue weighted by atomic mass is 16.2. The molecule has 0 spiro atoms. The predicted molar refractivity (Wildman–Crippen MR) is 40.3 cm³/mol. The Hall–Kier alpha value is -0.560. The van der Waals surface area contributed by atoms with Crippen molar-refractivity contribution in [3.8, 4) is 0 Å². The van der Waals surface area contributed by atoms with E-state index in [0.717, 1.165) is 12.8 Å². The quantitative estimate of drug-likeness (QED) is 0.570. The van der Waals surface area contributed by atoms with Gasteiger partial charge in [-0.3, -0.25) is 0 Å². The van der Waals surface area contributed by atoms with Crippen molar-refractivity contribution < 1.29 is 5.11 Å². The number of aliphatic hydroxyl groups excluding tert-OH is 1. The van der Waals surface area contributed by atoms with Crippen molar-refractivity contribution >= 4 is 0 Å². The van der Waals surface area contributed by atoms with Crippen LogP contribution in [0.4, 0.5) is 0 Å². The number of aliphatic hydroxyl groups is 1. The molecular weight excluding hydrogens is 112 g/mol. The van der Waals surface area contributed by atoms with E-state index in [-0.39, 0.29) is 6.61 Å². The lowest BCUT2D eigenvalue weighted by Gasteiger charge is -1.81. The summed E-state index contributed by atoms with van der Waals surface area (Å²) in [6, 6.07) is 0. The molecule has 1 N–H and O–H groups in total. The molecule has 52 valence electrons. The third-order valence-electron chi connectivity index (χ3n) is 0.970. The molecule has 0 bridgehead atoms. The molecule has 9 heavy (non-hydrogen) atoms. The zero-order valence-electron chi connectivity index (χ0n) is 5.88. The molecule has 0 unspecified atom stereocenters. The van der Waals surface area contributed by atoms with Crippen molar-refractivity contribution in [3.63, 3.8) is 0 Å². The van der Waals surface area contributed by atoms with Crippen molar-refractivity contribution in [2.75, 3.05) is 6.61 Å². The molecule has 0 radical (unpaired) electrons. The molecule has 0 atom stereocenters. The summed E-state index contributed by atoms with van der Waals surface area (Å²) in [7, 11) is 0. The van der Waals surface area contributed by atoms with Gasteiger partial charge in [-0.15, -0.1) is 0 Å². The van der Waals surface area contributed by atoms with Crippen molar-refractivity contribution in [2.24, 2.45) is 0 Å². The van der Waals surface area contributed by atoms with Crippen LogP contribution in [0, 0.1) is 0 Å². The first kappa shape index (κ1) is 8.44. The number of allylic oxidation sites excluding steroid dienone is 3. The van der Waals surface area contributed by atoms with Gasteiger partial charge in [-0.1, -0.05) is 24.3 Å². The first-order valence-corrected chi connectivity index (χ1v) is 3.28. The zero-order chi connectivity index (χ0) is 6.95. The van der Waals surface area contributed by atoms with E-state index >= 15 is 0 Å². The van der Waals surface area contributed by atoms with Crippen molar-refractivity contribution in [1.29, 1.82) is 0 Å². The summed E-state index contributed by atoms with van der Waals surface area (Å²) in [6.07, 6.45) is 9.89. The summed E-state index contributed by atoms with van der Waals surface area (Å²) < 4.78 is 0. The van der Waals surface area contributed by atoms with E-state index in [1.807, 2.05) is 19.1 Å². The van der Waals surface area contributed by atoms with Crippen LogP contribution in [0.3, 0.4) is 0 Å². The van der Waals surface area contributed by atoms with Gasteiger partial charge in [0, 0.05) is 6.61 Å². The summed E-state index contributed by atoms with van der Waals surface area (Å²) in [5, 5.41) is 8.35. The van der Waals surface area contributed by atoms with Gasteiger partial charge in [-0.05, 0) is 19.8 Å². The van der Waals surface area contributed by atoms with Crippen molar-refractivity contribution in [3.05, 3.63) is 24.3 Å². The molecule has 1 heteroatoms. The average Bonchev–Trinajstić information content (AvgIpc) is 1.89. The molecule has 0 aromatic carbocycles. The van der Waals surface area contributed by atoms with E-state index in [1.165, 1.54) is 0 Å². The van der Waals surface area contributed by atoms with Crippen LogP contribution in [0.1, 0.15) is 19.8 Å². The second-order valence-corrected chi connectivity index (χ2v) is 1.79. The topological polar surface area (TPSA) is 20.2 Å². The summed E-state index contributed by atoms with van der Waals surface area (Å²) in [6.45, 7) is 2.26. The molecule has 0 heterocycles. The maximum Gasteiger partial charge on any atom is 0.0465 e. The van der Waals surface area contributed by atoms with Crippen LogP contribution in [0.25, 0.3) is 0 Å². The van der Waals surface area contributed by atoms with Gasteiger partial charge in [-0.25, -0.2) is 0 Å². The van der Waals surface area contributed by atoms with E-state index in [9.17, 15) is 0 Å². The Bertz CT molecular complexity index is 92.7. The standard InChI is InChI=1S/C8H14O/c1-2-3-4-5-6-7-8-9/h2-3,5-6,9H,4,7-8H2,1H3/b3-2+,6-5-. The van der Waals surface area contributed by atoms with Crippen LogP contribution in [0.15, 0.2) is 24.3 Å². The lowest BCUT2D eigenvalue weighted by molar-refractivity contribution is 0.302. The van der Waals surface area contributed by atoms with Crippen LogP contribution >= 0.6 is 0 Å². The van der Waals surface area contributed by atoms with Crippen molar-refractivity contribution in [1.82, 2.24) is 0 Å². The van der Waals surface area contributed by atoms with E-state index in [0.29, 0.717) is 0 Å². The second kappa shape index (κ2) is 7.44. The number of hydrogen-bond acceptors (Lipinski definition) is 1. The van der Waals surface area contributed by atoms with E-state index in [2.05, 4.69) is 12.2 Å². The Morgan fingerprint density at radius 3 is 2.56 bits per heavy atom. The van der Waals surface area contributed by atoms with E-state index in [4.69, 9.17) is 5.11 Å². The smallest absolute Gasteiger partial charge is 0.0465 e. The monoisotopic (exact) mass is 126 g/mol. The molecule has 0 aliphatic carbocycles. The molecular formula is C8H14O. The summed E-state index contributed by atoms with van der Waals surface area (Å²) in [5.41, 5.74) is 0. The molecule has 0 aromatic rings. The number of hydrogen-bond donors (Lipinski definition) is 1. The molecule has 0 fully saturated rings. The van der Waals surface area contributed by atoms with Gasteiger partial charge in [0.15, 0.2) is 0 Å². The SMILES string of the molecule is C/C=C/C/C=C\CCO. The first-order valence-electron chi connectivity index (χ1n) is 3.28. The molecule has 0 aliphatic rings. The highest BCUT2D eigenvalue weighted by Gasteiger charge is 1.71. The summed E-state index contributed by atoms with van der Waals surface area (Å²) in [4.78, 5) is 0. The predicted octanol–water partition coefficient (Wildman–Crippen LogP) is 1.89. The maximum atomic E-state index is 8.35.